The first-order chi connectivity index (χ1) is 11.9. The summed E-state index contributed by atoms with van der Waals surface area (Å²) >= 11 is 0. The Bertz CT molecular complexity index is 899. The summed E-state index contributed by atoms with van der Waals surface area (Å²) < 4.78 is 1.66. The van der Waals surface area contributed by atoms with Crippen LogP contribution in [0.3, 0.4) is 0 Å². The summed E-state index contributed by atoms with van der Waals surface area (Å²) in [7, 11) is 1.81. The largest absolute Gasteiger partial charge is 0.383 e. The highest BCUT2D eigenvalue weighted by Crippen LogP contribution is 2.19. The number of carbonyl (C=O) groups is 1. The summed E-state index contributed by atoms with van der Waals surface area (Å²) in [6.07, 6.45) is 1.65. The second kappa shape index (κ2) is 6.76. The van der Waals surface area contributed by atoms with Crippen LogP contribution in [0.15, 0.2) is 30.5 Å². The smallest absolute Gasteiger partial charge is 0.226 e. The quantitative estimate of drug-likeness (QED) is 0.657. The maximum absolute atomic E-state index is 11.7. The fraction of sp³-hybridized carbons (Fsp3) is 0.294. The number of nitrogens with two attached hydrogens (primary N) is 1. The Kier molecular flexibility index (Phi) is 4.51. The SMILES string of the molecule is CC(C)C(=O)Nc1ccc(CNc2nc(N)c3cnn(C)c3n2)cc1. The van der Waals surface area contributed by atoms with Crippen molar-refractivity contribution < 1.29 is 4.79 Å². The molecule has 0 fully saturated rings. The number of nitrogens with one attached hydrogen (secondary N) is 2. The van der Waals surface area contributed by atoms with Gasteiger partial charge in [0.15, 0.2) is 5.65 Å². The van der Waals surface area contributed by atoms with Crippen molar-refractivity contribution in [3.8, 4) is 0 Å². The number of aryl methyl sites for hydroxylation is 1. The second-order valence-corrected chi connectivity index (χ2v) is 6.13. The van der Waals surface area contributed by atoms with E-state index in [0.717, 1.165) is 16.6 Å². The van der Waals surface area contributed by atoms with E-state index in [0.29, 0.717) is 24.0 Å². The van der Waals surface area contributed by atoms with Crippen LogP contribution >= 0.6 is 0 Å². The van der Waals surface area contributed by atoms with Gasteiger partial charge in [-0.2, -0.15) is 15.1 Å². The molecular formula is C17H21N7O. The average molecular weight is 339 g/mol. The van der Waals surface area contributed by atoms with Crippen molar-refractivity contribution in [2.45, 2.75) is 20.4 Å². The maximum atomic E-state index is 11.7. The zero-order chi connectivity index (χ0) is 18.0. The molecule has 1 aromatic carbocycles. The van der Waals surface area contributed by atoms with Crippen molar-refractivity contribution in [3.05, 3.63) is 36.0 Å². The van der Waals surface area contributed by atoms with Gasteiger partial charge in [-0.15, -0.1) is 0 Å². The van der Waals surface area contributed by atoms with Crippen LogP contribution in [-0.4, -0.2) is 25.7 Å². The molecule has 3 aromatic rings. The highest BCUT2D eigenvalue weighted by molar-refractivity contribution is 5.92. The molecule has 0 aliphatic carbocycles. The molecule has 2 heterocycles. The van der Waals surface area contributed by atoms with Gasteiger partial charge in [-0.05, 0) is 17.7 Å². The van der Waals surface area contributed by atoms with Crippen molar-refractivity contribution >= 4 is 34.4 Å². The number of benzene rings is 1. The van der Waals surface area contributed by atoms with Crippen LogP contribution in [0.4, 0.5) is 17.5 Å². The van der Waals surface area contributed by atoms with E-state index in [1.807, 2.05) is 45.2 Å². The summed E-state index contributed by atoms with van der Waals surface area (Å²) in [5, 5.41) is 10.9. The van der Waals surface area contributed by atoms with Gasteiger partial charge in [-0.25, -0.2) is 0 Å². The number of amides is 1. The minimum atomic E-state index is -0.0501. The van der Waals surface area contributed by atoms with Crippen molar-refractivity contribution in [2.24, 2.45) is 13.0 Å². The normalized spacial score (nSPS) is 11.0. The van der Waals surface area contributed by atoms with Gasteiger partial charge in [0.1, 0.15) is 5.82 Å². The van der Waals surface area contributed by atoms with E-state index in [2.05, 4.69) is 25.7 Å². The van der Waals surface area contributed by atoms with Crippen LogP contribution in [0, 0.1) is 5.92 Å². The molecule has 0 aliphatic rings. The molecule has 0 radical (unpaired) electrons. The number of nitrogen functional groups attached to an aromatic ring is 1. The third kappa shape index (κ3) is 3.68. The lowest BCUT2D eigenvalue weighted by Crippen LogP contribution is -2.17. The van der Waals surface area contributed by atoms with Crippen molar-refractivity contribution in [1.29, 1.82) is 0 Å². The second-order valence-electron chi connectivity index (χ2n) is 6.13. The Morgan fingerprint density at radius 1 is 1.24 bits per heavy atom. The van der Waals surface area contributed by atoms with Crippen LogP contribution < -0.4 is 16.4 Å². The van der Waals surface area contributed by atoms with Crippen molar-refractivity contribution in [2.75, 3.05) is 16.4 Å². The highest BCUT2D eigenvalue weighted by Gasteiger charge is 2.09. The van der Waals surface area contributed by atoms with Gasteiger partial charge in [-0.1, -0.05) is 26.0 Å². The molecule has 8 heteroatoms. The van der Waals surface area contributed by atoms with E-state index in [1.54, 1.807) is 10.9 Å². The Balaban J connectivity index is 1.67. The Morgan fingerprint density at radius 3 is 2.64 bits per heavy atom. The lowest BCUT2D eigenvalue weighted by molar-refractivity contribution is -0.118. The number of aromatic nitrogens is 4. The van der Waals surface area contributed by atoms with E-state index in [1.165, 1.54) is 0 Å². The lowest BCUT2D eigenvalue weighted by atomic mass is 10.1. The molecule has 0 bridgehead atoms. The fourth-order valence-corrected chi connectivity index (χ4v) is 2.30. The molecule has 8 nitrogen and oxygen atoms in total. The summed E-state index contributed by atoms with van der Waals surface area (Å²) in [4.78, 5) is 20.4. The first-order valence-corrected chi connectivity index (χ1v) is 8.03. The van der Waals surface area contributed by atoms with Gasteiger partial charge in [0.25, 0.3) is 0 Å². The number of nitrogens with zero attached hydrogens (tertiary/aromatic N) is 4. The summed E-state index contributed by atoms with van der Waals surface area (Å²) in [5.41, 5.74) is 8.44. The third-order valence-electron chi connectivity index (χ3n) is 3.82. The van der Waals surface area contributed by atoms with Gasteiger partial charge < -0.3 is 16.4 Å². The molecule has 0 atom stereocenters. The minimum Gasteiger partial charge on any atom is -0.383 e. The van der Waals surface area contributed by atoms with Gasteiger partial charge >= 0.3 is 0 Å². The standard InChI is InChI=1S/C17H21N7O/c1-10(2)16(25)21-12-6-4-11(5-7-12)8-19-17-22-14(18)13-9-20-24(3)15(13)23-17/h4-7,9-10H,8H2,1-3H3,(H,21,25)(H3,18,19,22,23). The number of hydrogen-bond acceptors (Lipinski definition) is 6. The zero-order valence-corrected chi connectivity index (χ0v) is 14.4. The first kappa shape index (κ1) is 16.7. The maximum Gasteiger partial charge on any atom is 0.226 e. The molecule has 0 saturated carbocycles. The Labute approximate surface area is 145 Å². The van der Waals surface area contributed by atoms with E-state index in [-0.39, 0.29) is 11.8 Å². The number of rotatable bonds is 5. The fourth-order valence-electron chi connectivity index (χ4n) is 2.30. The highest BCUT2D eigenvalue weighted by atomic mass is 16.1. The van der Waals surface area contributed by atoms with E-state index in [9.17, 15) is 4.79 Å². The van der Waals surface area contributed by atoms with Gasteiger partial charge in [0, 0.05) is 25.2 Å². The monoisotopic (exact) mass is 339 g/mol. The lowest BCUT2D eigenvalue weighted by Gasteiger charge is -2.09. The van der Waals surface area contributed by atoms with Crippen molar-refractivity contribution in [1.82, 2.24) is 19.7 Å². The molecule has 0 unspecified atom stereocenters. The van der Waals surface area contributed by atoms with Crippen LogP contribution in [0.5, 0.6) is 0 Å². The first-order valence-electron chi connectivity index (χ1n) is 8.03. The zero-order valence-electron chi connectivity index (χ0n) is 14.4. The van der Waals surface area contributed by atoms with Gasteiger partial charge in [0.05, 0.1) is 11.6 Å². The molecule has 1 amide bonds. The predicted molar refractivity (Wildman–Crippen MR) is 98.0 cm³/mol. The van der Waals surface area contributed by atoms with Crippen LogP contribution in [0.25, 0.3) is 11.0 Å². The predicted octanol–water partition coefficient (Wildman–Crippen LogP) is 2.15. The molecule has 130 valence electrons. The summed E-state index contributed by atoms with van der Waals surface area (Å²) in [5.74, 6) is 0.795. The molecule has 0 spiro atoms. The van der Waals surface area contributed by atoms with E-state index in [4.69, 9.17) is 5.73 Å². The minimum absolute atomic E-state index is 0.000713. The number of hydrogen-bond donors (Lipinski definition) is 3. The number of fused-ring (bicyclic) bond motifs is 1. The van der Waals surface area contributed by atoms with Crippen LogP contribution in [0.2, 0.25) is 0 Å². The Morgan fingerprint density at radius 2 is 1.96 bits per heavy atom. The van der Waals surface area contributed by atoms with Crippen LogP contribution in [-0.2, 0) is 18.4 Å². The number of anilines is 3. The molecule has 0 aliphatic heterocycles. The van der Waals surface area contributed by atoms with Crippen LogP contribution in [0.1, 0.15) is 19.4 Å². The summed E-state index contributed by atoms with van der Waals surface area (Å²) in [6, 6.07) is 7.62. The number of carbonyl (C=O) groups excluding carboxylic acids is 1. The molecule has 2 aromatic heterocycles. The molecule has 4 N–H and O–H groups in total. The average Bonchev–Trinajstić information content (AvgIpc) is 2.96. The van der Waals surface area contributed by atoms with Gasteiger partial charge in [0.2, 0.25) is 11.9 Å². The van der Waals surface area contributed by atoms with Crippen molar-refractivity contribution in [3.63, 3.8) is 0 Å². The molecule has 0 saturated heterocycles. The molecule has 3 rings (SSSR count). The molecular weight excluding hydrogens is 318 g/mol. The molecule has 25 heavy (non-hydrogen) atoms. The Hall–Kier alpha value is -3.16. The summed E-state index contributed by atoms with van der Waals surface area (Å²) in [6.45, 7) is 4.26. The van der Waals surface area contributed by atoms with E-state index >= 15 is 0 Å². The van der Waals surface area contributed by atoms with Gasteiger partial charge in [-0.3, -0.25) is 9.48 Å². The van der Waals surface area contributed by atoms with E-state index < -0.39 is 0 Å². The third-order valence-corrected chi connectivity index (χ3v) is 3.82. The topological polar surface area (TPSA) is 111 Å².